The van der Waals surface area contributed by atoms with Crippen LogP contribution in [0.1, 0.15) is 19.4 Å². The van der Waals surface area contributed by atoms with Crippen LogP contribution in [0.2, 0.25) is 0 Å². The number of pyridine rings is 1. The summed E-state index contributed by atoms with van der Waals surface area (Å²) >= 11 is 0. The first-order chi connectivity index (χ1) is 14.6. The molecule has 4 rings (SSSR count). The molecule has 0 bridgehead atoms. The normalized spacial score (nSPS) is 12.4. The lowest BCUT2D eigenvalue weighted by molar-refractivity contribution is 0.431. The number of hydrogen-bond donors (Lipinski definition) is 0. The molecule has 0 amide bonds. The molecule has 1 aromatic carbocycles. The number of halogens is 1. The van der Waals surface area contributed by atoms with E-state index in [-0.39, 0.29) is 11.6 Å². The Balaban J connectivity index is 1.85. The molecule has 0 saturated heterocycles. The van der Waals surface area contributed by atoms with Crippen LogP contribution in [-0.2, 0) is 0 Å². The largest absolute Gasteiger partial charge is 0.332 e. The third-order valence-electron chi connectivity index (χ3n) is 4.54. The summed E-state index contributed by atoms with van der Waals surface area (Å²) in [5.41, 5.74) is 3.89. The van der Waals surface area contributed by atoms with Crippen molar-refractivity contribution in [3.63, 3.8) is 0 Å². The smallest absolute Gasteiger partial charge is 0.281 e. The van der Waals surface area contributed by atoms with Crippen molar-refractivity contribution < 1.29 is 8.91 Å². The second kappa shape index (κ2) is 8.20. The van der Waals surface area contributed by atoms with Gasteiger partial charge in [-0.15, -0.1) is 5.10 Å². The van der Waals surface area contributed by atoms with Gasteiger partial charge in [0.15, 0.2) is 5.69 Å². The number of benzene rings is 1. The van der Waals surface area contributed by atoms with Crippen molar-refractivity contribution in [1.82, 2.24) is 30.1 Å². The van der Waals surface area contributed by atoms with Crippen LogP contribution in [0.15, 0.2) is 71.3 Å². The summed E-state index contributed by atoms with van der Waals surface area (Å²) in [6.45, 7) is 5.38. The van der Waals surface area contributed by atoms with Gasteiger partial charge in [-0.05, 0) is 39.0 Å². The third kappa shape index (κ3) is 3.67. The van der Waals surface area contributed by atoms with Gasteiger partial charge in [0.25, 0.3) is 5.89 Å². The molecule has 0 aliphatic heterocycles. The van der Waals surface area contributed by atoms with E-state index >= 15 is 0 Å². The van der Waals surface area contributed by atoms with Crippen molar-refractivity contribution in [2.24, 2.45) is 0 Å². The molecule has 0 saturated carbocycles. The molecule has 0 aliphatic carbocycles. The predicted octanol–water partition coefficient (Wildman–Crippen LogP) is 5.10. The fraction of sp³-hybridized carbons (Fsp3) is 0.136. The van der Waals surface area contributed by atoms with Crippen LogP contribution in [0.5, 0.6) is 0 Å². The molecule has 0 atom stereocenters. The van der Waals surface area contributed by atoms with Gasteiger partial charge in [0.1, 0.15) is 11.5 Å². The van der Waals surface area contributed by atoms with Gasteiger partial charge in [-0.2, -0.15) is 4.98 Å². The van der Waals surface area contributed by atoms with Crippen molar-refractivity contribution in [2.45, 2.75) is 20.8 Å². The Morgan fingerprint density at radius 3 is 2.50 bits per heavy atom. The molecule has 0 aliphatic rings. The van der Waals surface area contributed by atoms with E-state index in [1.165, 1.54) is 10.8 Å². The van der Waals surface area contributed by atoms with Crippen molar-refractivity contribution >= 4 is 5.70 Å². The average Bonchev–Trinajstić information content (AvgIpc) is 3.42. The van der Waals surface area contributed by atoms with Gasteiger partial charge >= 0.3 is 0 Å². The van der Waals surface area contributed by atoms with Gasteiger partial charge < -0.3 is 4.52 Å². The summed E-state index contributed by atoms with van der Waals surface area (Å²) in [6, 6.07) is 11.4. The summed E-state index contributed by atoms with van der Waals surface area (Å²) < 4.78 is 21.4. The first-order valence-corrected chi connectivity index (χ1v) is 9.35. The minimum atomic E-state index is -0.421. The minimum absolute atomic E-state index is 0.197. The maximum absolute atomic E-state index is 14.5. The topological polar surface area (TPSA) is 82.5 Å². The summed E-state index contributed by atoms with van der Waals surface area (Å²) in [4.78, 5) is 8.54. The van der Waals surface area contributed by atoms with Crippen LogP contribution in [0.4, 0.5) is 4.39 Å². The zero-order valence-electron chi connectivity index (χ0n) is 16.7. The monoisotopic (exact) mass is 402 g/mol. The lowest BCUT2D eigenvalue weighted by atomic mass is 10.1. The molecule has 0 radical (unpaired) electrons. The molecule has 7 nitrogen and oxygen atoms in total. The number of rotatable bonds is 5. The molecule has 150 valence electrons. The zero-order chi connectivity index (χ0) is 21.1. The van der Waals surface area contributed by atoms with E-state index in [1.54, 1.807) is 44.4 Å². The SMILES string of the molecule is C/C=C\C(F)=C(/C)n1nnc(-c2nc(-c3ccc(C)cc3)no2)c1-c1ccncc1. The molecule has 0 N–H and O–H groups in total. The summed E-state index contributed by atoms with van der Waals surface area (Å²) in [5, 5.41) is 12.4. The lowest BCUT2D eigenvalue weighted by Crippen LogP contribution is -2.01. The van der Waals surface area contributed by atoms with Gasteiger partial charge in [-0.25, -0.2) is 9.07 Å². The molecule has 3 heterocycles. The Morgan fingerprint density at radius 2 is 1.80 bits per heavy atom. The van der Waals surface area contributed by atoms with Gasteiger partial charge in [-0.1, -0.05) is 46.3 Å². The van der Waals surface area contributed by atoms with Crippen LogP contribution in [-0.4, -0.2) is 30.1 Å². The Morgan fingerprint density at radius 1 is 1.07 bits per heavy atom. The van der Waals surface area contributed by atoms with E-state index in [9.17, 15) is 4.39 Å². The van der Waals surface area contributed by atoms with Gasteiger partial charge in [0.2, 0.25) is 5.82 Å². The minimum Gasteiger partial charge on any atom is -0.332 e. The second-order valence-corrected chi connectivity index (χ2v) is 6.66. The second-order valence-electron chi connectivity index (χ2n) is 6.66. The van der Waals surface area contributed by atoms with Crippen LogP contribution in [0, 0.1) is 6.92 Å². The highest BCUT2D eigenvalue weighted by atomic mass is 19.1. The number of aryl methyl sites for hydroxylation is 1. The standard InChI is InChI=1S/C22H19FN6O/c1-4-5-18(23)15(3)29-20(16-10-12-24-13-11-16)19(26-28-29)22-25-21(27-30-22)17-8-6-14(2)7-9-17/h4-13H,1-3H3/b5-4-,18-15-. The molecule has 30 heavy (non-hydrogen) atoms. The number of nitrogens with zero attached hydrogens (tertiary/aromatic N) is 6. The van der Waals surface area contributed by atoms with Gasteiger partial charge in [0, 0.05) is 23.5 Å². The van der Waals surface area contributed by atoms with Crippen LogP contribution < -0.4 is 0 Å². The maximum atomic E-state index is 14.5. The van der Waals surface area contributed by atoms with E-state index in [0.717, 1.165) is 16.7 Å². The Labute approximate surface area is 172 Å². The summed E-state index contributed by atoms with van der Waals surface area (Å²) in [5.74, 6) is 0.214. The van der Waals surface area contributed by atoms with E-state index in [0.29, 0.717) is 17.2 Å². The molecular weight excluding hydrogens is 383 g/mol. The van der Waals surface area contributed by atoms with Gasteiger partial charge in [-0.3, -0.25) is 4.98 Å². The Hall–Kier alpha value is -3.94. The van der Waals surface area contributed by atoms with E-state index < -0.39 is 5.83 Å². The van der Waals surface area contributed by atoms with E-state index in [2.05, 4.69) is 25.4 Å². The quantitative estimate of drug-likeness (QED) is 0.432. The number of allylic oxidation sites excluding steroid dienone is 4. The molecular formula is C22H19FN6O. The van der Waals surface area contributed by atoms with E-state index in [1.807, 2.05) is 31.2 Å². The highest BCUT2D eigenvalue weighted by molar-refractivity contribution is 5.77. The van der Waals surface area contributed by atoms with E-state index in [4.69, 9.17) is 4.52 Å². The molecule has 0 fully saturated rings. The molecule has 0 spiro atoms. The summed E-state index contributed by atoms with van der Waals surface area (Å²) in [6.07, 6.45) is 6.27. The number of hydrogen-bond acceptors (Lipinski definition) is 6. The fourth-order valence-corrected chi connectivity index (χ4v) is 2.94. The first-order valence-electron chi connectivity index (χ1n) is 9.35. The highest BCUT2D eigenvalue weighted by Crippen LogP contribution is 2.32. The molecule has 3 aromatic heterocycles. The first kappa shape index (κ1) is 19.4. The van der Waals surface area contributed by atoms with Crippen LogP contribution in [0.25, 0.3) is 39.9 Å². The summed E-state index contributed by atoms with van der Waals surface area (Å²) in [7, 11) is 0. The fourth-order valence-electron chi connectivity index (χ4n) is 2.94. The van der Waals surface area contributed by atoms with Gasteiger partial charge in [0.05, 0.1) is 5.70 Å². The van der Waals surface area contributed by atoms with Crippen molar-refractivity contribution in [3.05, 3.63) is 72.3 Å². The molecule has 0 unspecified atom stereocenters. The Bertz CT molecular complexity index is 1220. The van der Waals surface area contributed by atoms with Crippen molar-refractivity contribution in [2.75, 3.05) is 0 Å². The highest BCUT2D eigenvalue weighted by Gasteiger charge is 2.23. The molecule has 4 aromatic rings. The lowest BCUT2D eigenvalue weighted by Gasteiger charge is -2.07. The predicted molar refractivity (Wildman–Crippen MR) is 112 cm³/mol. The van der Waals surface area contributed by atoms with Crippen molar-refractivity contribution in [1.29, 1.82) is 0 Å². The number of aromatic nitrogens is 6. The zero-order valence-corrected chi connectivity index (χ0v) is 16.7. The third-order valence-corrected chi connectivity index (χ3v) is 4.54. The van der Waals surface area contributed by atoms with Crippen LogP contribution >= 0.6 is 0 Å². The Kier molecular flexibility index (Phi) is 5.30. The molecule has 8 heteroatoms. The van der Waals surface area contributed by atoms with Crippen molar-refractivity contribution in [3.8, 4) is 34.2 Å². The maximum Gasteiger partial charge on any atom is 0.281 e. The average molecular weight is 402 g/mol. The van der Waals surface area contributed by atoms with Crippen LogP contribution in [0.3, 0.4) is 0 Å².